The van der Waals surface area contributed by atoms with Gasteiger partial charge in [-0.25, -0.2) is 4.98 Å². The molecule has 0 saturated carbocycles. The van der Waals surface area contributed by atoms with Crippen molar-refractivity contribution in [3.63, 3.8) is 0 Å². The summed E-state index contributed by atoms with van der Waals surface area (Å²) in [5.74, 6) is 0.713. The minimum absolute atomic E-state index is 0.121. The largest absolute Gasteiger partial charge is 0.486 e. The summed E-state index contributed by atoms with van der Waals surface area (Å²) in [7, 11) is 0. The lowest BCUT2D eigenvalue weighted by atomic mass is 10.2. The van der Waals surface area contributed by atoms with Crippen molar-refractivity contribution in [2.45, 2.75) is 46.3 Å². The summed E-state index contributed by atoms with van der Waals surface area (Å²) in [6.45, 7) is 6.52. The fraction of sp³-hybridized carbons (Fsp3) is 0.412. The molecular weight excluding hydrogens is 296 g/mol. The second kappa shape index (κ2) is 7.94. The van der Waals surface area contributed by atoms with E-state index in [1.54, 1.807) is 5.38 Å². The Hall–Kier alpha value is -1.88. The van der Waals surface area contributed by atoms with Gasteiger partial charge in [-0.2, -0.15) is 0 Å². The number of rotatable bonds is 7. The Morgan fingerprint density at radius 3 is 2.95 bits per heavy atom. The highest BCUT2D eigenvalue weighted by Gasteiger charge is 2.12. The van der Waals surface area contributed by atoms with Crippen LogP contribution in [0.1, 0.15) is 48.3 Å². The molecule has 1 aromatic carbocycles. The number of benzene rings is 1. The van der Waals surface area contributed by atoms with Crippen LogP contribution in [0.4, 0.5) is 0 Å². The van der Waals surface area contributed by atoms with Crippen molar-refractivity contribution < 1.29 is 9.53 Å². The molecule has 0 spiro atoms. The number of ether oxygens (including phenoxy) is 1. The first kappa shape index (κ1) is 16.5. The second-order valence-corrected chi connectivity index (χ2v) is 6.14. The van der Waals surface area contributed by atoms with Crippen LogP contribution in [0.25, 0.3) is 0 Å². The zero-order valence-electron chi connectivity index (χ0n) is 13.3. The number of nitrogens with one attached hydrogen (secondary N) is 1. The first-order chi connectivity index (χ1) is 10.6. The van der Waals surface area contributed by atoms with E-state index >= 15 is 0 Å². The summed E-state index contributed by atoms with van der Waals surface area (Å²) < 4.78 is 5.75. The van der Waals surface area contributed by atoms with Crippen molar-refractivity contribution in [2.75, 3.05) is 0 Å². The van der Waals surface area contributed by atoms with Gasteiger partial charge in [-0.15, -0.1) is 11.3 Å². The lowest BCUT2D eigenvalue weighted by Crippen LogP contribution is -2.32. The number of aryl methyl sites for hydroxylation is 1. The van der Waals surface area contributed by atoms with Crippen molar-refractivity contribution in [1.82, 2.24) is 10.3 Å². The lowest BCUT2D eigenvalue weighted by Gasteiger charge is -2.09. The van der Waals surface area contributed by atoms with Gasteiger partial charge in [0.25, 0.3) is 5.91 Å². The highest BCUT2D eigenvalue weighted by Crippen LogP contribution is 2.17. The molecule has 118 valence electrons. The molecule has 0 aliphatic rings. The maximum Gasteiger partial charge on any atom is 0.270 e. The van der Waals surface area contributed by atoms with Crippen molar-refractivity contribution in [3.05, 3.63) is 45.9 Å². The van der Waals surface area contributed by atoms with E-state index in [1.165, 1.54) is 16.9 Å². The average molecular weight is 318 g/mol. The highest BCUT2D eigenvalue weighted by molar-refractivity contribution is 7.09. The van der Waals surface area contributed by atoms with Crippen molar-refractivity contribution in [1.29, 1.82) is 0 Å². The molecule has 1 aromatic heterocycles. The van der Waals surface area contributed by atoms with Gasteiger partial charge < -0.3 is 10.1 Å². The van der Waals surface area contributed by atoms with Crippen LogP contribution in [-0.2, 0) is 13.0 Å². The van der Waals surface area contributed by atoms with Gasteiger partial charge in [0, 0.05) is 11.4 Å². The van der Waals surface area contributed by atoms with Gasteiger partial charge in [0.15, 0.2) is 0 Å². The number of hydrogen-bond donors (Lipinski definition) is 1. The Labute approximate surface area is 135 Å². The van der Waals surface area contributed by atoms with Gasteiger partial charge in [0.05, 0.1) is 0 Å². The SMILES string of the molecule is CCc1cccc(OCc2nc(C(=O)NC(C)CC)cs2)c1. The molecule has 1 atom stereocenters. The molecule has 5 heteroatoms. The van der Waals surface area contributed by atoms with Crippen LogP contribution in [0, 0.1) is 0 Å². The topological polar surface area (TPSA) is 51.2 Å². The van der Waals surface area contributed by atoms with E-state index in [4.69, 9.17) is 4.74 Å². The molecule has 1 heterocycles. The van der Waals surface area contributed by atoms with Gasteiger partial charge in [-0.1, -0.05) is 26.0 Å². The molecule has 1 unspecified atom stereocenters. The molecule has 0 radical (unpaired) electrons. The molecule has 22 heavy (non-hydrogen) atoms. The van der Waals surface area contributed by atoms with E-state index in [0.717, 1.165) is 23.6 Å². The number of carbonyl (C=O) groups is 1. The molecule has 0 aliphatic carbocycles. The number of hydrogen-bond acceptors (Lipinski definition) is 4. The number of nitrogens with zero attached hydrogens (tertiary/aromatic N) is 1. The van der Waals surface area contributed by atoms with E-state index in [1.807, 2.05) is 32.0 Å². The van der Waals surface area contributed by atoms with E-state index in [-0.39, 0.29) is 11.9 Å². The van der Waals surface area contributed by atoms with E-state index in [2.05, 4.69) is 23.3 Å². The van der Waals surface area contributed by atoms with Crippen LogP contribution < -0.4 is 10.1 Å². The first-order valence-corrected chi connectivity index (χ1v) is 8.47. The average Bonchev–Trinajstić information content (AvgIpc) is 3.02. The molecule has 4 nitrogen and oxygen atoms in total. The fourth-order valence-electron chi connectivity index (χ4n) is 1.88. The summed E-state index contributed by atoms with van der Waals surface area (Å²) >= 11 is 1.44. The van der Waals surface area contributed by atoms with Crippen LogP contribution >= 0.6 is 11.3 Å². The monoisotopic (exact) mass is 318 g/mol. The highest BCUT2D eigenvalue weighted by atomic mass is 32.1. The van der Waals surface area contributed by atoms with E-state index in [0.29, 0.717) is 12.3 Å². The second-order valence-electron chi connectivity index (χ2n) is 5.20. The number of carbonyl (C=O) groups excluding carboxylic acids is 1. The molecule has 2 rings (SSSR count). The zero-order valence-corrected chi connectivity index (χ0v) is 14.1. The summed E-state index contributed by atoms with van der Waals surface area (Å²) in [6.07, 6.45) is 1.88. The lowest BCUT2D eigenvalue weighted by molar-refractivity contribution is 0.0934. The standard InChI is InChI=1S/C17H22N2O2S/c1-4-12(3)18-17(20)15-11-22-16(19-15)10-21-14-8-6-7-13(5-2)9-14/h6-9,11-12H,4-5,10H2,1-3H3,(H,18,20). The fourth-order valence-corrected chi connectivity index (χ4v) is 2.57. The van der Waals surface area contributed by atoms with Crippen molar-refractivity contribution in [2.24, 2.45) is 0 Å². The Kier molecular flexibility index (Phi) is 5.95. The summed E-state index contributed by atoms with van der Waals surface area (Å²) in [5.41, 5.74) is 1.71. The third kappa shape index (κ3) is 4.56. The molecule has 0 bridgehead atoms. The van der Waals surface area contributed by atoms with Gasteiger partial charge in [-0.05, 0) is 37.5 Å². The van der Waals surface area contributed by atoms with Crippen LogP contribution in [0.2, 0.25) is 0 Å². The van der Waals surface area contributed by atoms with Gasteiger partial charge in [0.2, 0.25) is 0 Å². The predicted molar refractivity (Wildman–Crippen MR) is 89.5 cm³/mol. The van der Waals surface area contributed by atoms with E-state index in [9.17, 15) is 4.79 Å². The summed E-state index contributed by atoms with van der Waals surface area (Å²) in [5, 5.41) is 5.49. The zero-order chi connectivity index (χ0) is 15.9. The first-order valence-electron chi connectivity index (χ1n) is 7.59. The molecule has 2 aromatic rings. The van der Waals surface area contributed by atoms with Crippen LogP contribution in [-0.4, -0.2) is 16.9 Å². The summed E-state index contributed by atoms with van der Waals surface area (Å²) in [6, 6.07) is 8.19. The maximum absolute atomic E-state index is 12.0. The van der Waals surface area contributed by atoms with E-state index < -0.39 is 0 Å². The third-order valence-electron chi connectivity index (χ3n) is 3.44. The normalized spacial score (nSPS) is 12.0. The Balaban J connectivity index is 1.93. The summed E-state index contributed by atoms with van der Waals surface area (Å²) in [4.78, 5) is 16.3. The predicted octanol–water partition coefficient (Wildman–Crippen LogP) is 3.81. The Morgan fingerprint density at radius 1 is 1.41 bits per heavy atom. The molecule has 1 amide bonds. The molecular formula is C17H22N2O2S. The number of aromatic nitrogens is 1. The quantitative estimate of drug-likeness (QED) is 0.844. The number of amides is 1. The number of thiazole rings is 1. The third-order valence-corrected chi connectivity index (χ3v) is 4.27. The van der Waals surface area contributed by atoms with Gasteiger partial charge in [-0.3, -0.25) is 4.79 Å². The van der Waals surface area contributed by atoms with Crippen molar-refractivity contribution in [3.8, 4) is 5.75 Å². The maximum atomic E-state index is 12.0. The smallest absolute Gasteiger partial charge is 0.270 e. The molecule has 0 fully saturated rings. The minimum atomic E-state index is -0.121. The van der Waals surface area contributed by atoms with Crippen molar-refractivity contribution >= 4 is 17.2 Å². The van der Waals surface area contributed by atoms with Crippen LogP contribution in [0.15, 0.2) is 29.6 Å². The molecule has 1 N–H and O–H groups in total. The van der Waals surface area contributed by atoms with Gasteiger partial charge >= 0.3 is 0 Å². The van der Waals surface area contributed by atoms with Crippen LogP contribution in [0.5, 0.6) is 5.75 Å². The van der Waals surface area contributed by atoms with Crippen LogP contribution in [0.3, 0.4) is 0 Å². The van der Waals surface area contributed by atoms with Gasteiger partial charge in [0.1, 0.15) is 23.1 Å². The molecule has 0 aliphatic heterocycles. The minimum Gasteiger partial charge on any atom is -0.486 e. The molecule has 0 saturated heterocycles. The Morgan fingerprint density at radius 2 is 2.23 bits per heavy atom. The Bertz CT molecular complexity index is 625.